The lowest BCUT2D eigenvalue weighted by molar-refractivity contribution is 0.157. The normalized spacial score (nSPS) is 14.9. The molecule has 0 saturated carbocycles. The summed E-state index contributed by atoms with van der Waals surface area (Å²) < 4.78 is 0. The Morgan fingerprint density at radius 1 is 1.41 bits per heavy atom. The van der Waals surface area contributed by atoms with Crippen LogP contribution < -0.4 is 5.32 Å². The SMILES string of the molecule is CCC(O)CCNC(c1cccnc1)C(C)C. The van der Waals surface area contributed by atoms with E-state index < -0.39 is 0 Å². The molecule has 2 N–H and O–H groups in total. The smallest absolute Gasteiger partial charge is 0.0549 e. The number of aromatic nitrogens is 1. The Bertz CT molecular complexity index is 300. The van der Waals surface area contributed by atoms with E-state index in [1.165, 1.54) is 5.56 Å². The number of hydrogen-bond acceptors (Lipinski definition) is 3. The summed E-state index contributed by atoms with van der Waals surface area (Å²) >= 11 is 0. The maximum atomic E-state index is 9.53. The van der Waals surface area contributed by atoms with E-state index in [1.807, 2.05) is 19.2 Å². The van der Waals surface area contributed by atoms with Crippen LogP contribution in [-0.4, -0.2) is 22.7 Å². The molecule has 1 aromatic heterocycles. The minimum absolute atomic E-state index is 0.191. The van der Waals surface area contributed by atoms with Gasteiger partial charge < -0.3 is 10.4 Å². The predicted octanol–water partition coefficient (Wildman–Crippen LogP) is 2.53. The van der Waals surface area contributed by atoms with Gasteiger partial charge in [0.2, 0.25) is 0 Å². The summed E-state index contributed by atoms with van der Waals surface area (Å²) in [6.07, 6.45) is 5.14. The average molecular weight is 236 g/mol. The number of pyridine rings is 1. The van der Waals surface area contributed by atoms with E-state index >= 15 is 0 Å². The molecule has 0 bridgehead atoms. The zero-order valence-electron chi connectivity index (χ0n) is 11.1. The molecule has 1 aromatic rings. The second kappa shape index (κ2) is 7.41. The molecule has 1 heterocycles. The van der Waals surface area contributed by atoms with Crippen molar-refractivity contribution in [1.29, 1.82) is 0 Å². The first kappa shape index (κ1) is 14.1. The van der Waals surface area contributed by atoms with Crippen molar-refractivity contribution in [3.8, 4) is 0 Å². The molecular weight excluding hydrogens is 212 g/mol. The molecule has 0 radical (unpaired) electrons. The molecule has 17 heavy (non-hydrogen) atoms. The maximum absolute atomic E-state index is 9.53. The molecule has 96 valence electrons. The topological polar surface area (TPSA) is 45.1 Å². The largest absolute Gasteiger partial charge is 0.393 e. The number of rotatable bonds is 7. The Balaban J connectivity index is 2.50. The second-order valence-electron chi connectivity index (χ2n) is 4.81. The maximum Gasteiger partial charge on any atom is 0.0549 e. The van der Waals surface area contributed by atoms with E-state index in [4.69, 9.17) is 0 Å². The number of aliphatic hydroxyl groups excluding tert-OH is 1. The van der Waals surface area contributed by atoms with Crippen LogP contribution in [0.1, 0.15) is 45.2 Å². The highest BCUT2D eigenvalue weighted by Crippen LogP contribution is 2.20. The van der Waals surface area contributed by atoms with Gasteiger partial charge in [0.15, 0.2) is 0 Å². The summed E-state index contributed by atoms with van der Waals surface area (Å²) in [5, 5.41) is 13.0. The van der Waals surface area contributed by atoms with Crippen molar-refractivity contribution < 1.29 is 5.11 Å². The summed E-state index contributed by atoms with van der Waals surface area (Å²) in [6, 6.07) is 4.38. The number of hydrogen-bond donors (Lipinski definition) is 2. The lowest BCUT2D eigenvalue weighted by Gasteiger charge is -2.23. The molecule has 2 atom stereocenters. The molecule has 0 saturated heterocycles. The highest BCUT2D eigenvalue weighted by Gasteiger charge is 2.15. The van der Waals surface area contributed by atoms with E-state index in [-0.39, 0.29) is 6.10 Å². The highest BCUT2D eigenvalue weighted by atomic mass is 16.3. The Hall–Kier alpha value is -0.930. The van der Waals surface area contributed by atoms with Crippen molar-refractivity contribution >= 4 is 0 Å². The number of aliphatic hydroxyl groups is 1. The molecule has 1 rings (SSSR count). The van der Waals surface area contributed by atoms with Crippen LogP contribution in [0.25, 0.3) is 0 Å². The number of nitrogens with zero attached hydrogens (tertiary/aromatic N) is 1. The van der Waals surface area contributed by atoms with Gasteiger partial charge in [-0.15, -0.1) is 0 Å². The lowest BCUT2D eigenvalue weighted by atomic mass is 9.97. The molecule has 0 fully saturated rings. The van der Waals surface area contributed by atoms with Gasteiger partial charge in [-0.25, -0.2) is 0 Å². The molecule has 3 nitrogen and oxygen atoms in total. The summed E-state index contributed by atoms with van der Waals surface area (Å²) in [5.41, 5.74) is 1.22. The summed E-state index contributed by atoms with van der Waals surface area (Å²) in [6.45, 7) is 7.24. The Morgan fingerprint density at radius 2 is 2.18 bits per heavy atom. The summed E-state index contributed by atoms with van der Waals surface area (Å²) in [7, 11) is 0. The molecule has 0 aliphatic carbocycles. The van der Waals surface area contributed by atoms with Crippen LogP contribution >= 0.6 is 0 Å². The van der Waals surface area contributed by atoms with Gasteiger partial charge in [0.05, 0.1) is 6.10 Å². The fourth-order valence-corrected chi connectivity index (χ4v) is 1.91. The van der Waals surface area contributed by atoms with Gasteiger partial charge in [-0.3, -0.25) is 4.98 Å². The highest BCUT2D eigenvalue weighted by molar-refractivity contribution is 5.14. The minimum atomic E-state index is -0.191. The summed E-state index contributed by atoms with van der Waals surface area (Å²) in [5.74, 6) is 0.512. The van der Waals surface area contributed by atoms with Gasteiger partial charge in [-0.05, 0) is 36.9 Å². The van der Waals surface area contributed by atoms with Crippen molar-refractivity contribution in [3.63, 3.8) is 0 Å². The third-order valence-electron chi connectivity index (χ3n) is 3.02. The van der Waals surface area contributed by atoms with Gasteiger partial charge in [-0.2, -0.15) is 0 Å². The quantitative estimate of drug-likeness (QED) is 0.764. The third-order valence-corrected chi connectivity index (χ3v) is 3.02. The van der Waals surface area contributed by atoms with Crippen LogP contribution in [0.5, 0.6) is 0 Å². The standard InChI is InChI=1S/C14H24N2O/c1-4-13(17)7-9-16-14(11(2)3)12-6-5-8-15-10-12/h5-6,8,10-11,13-14,16-17H,4,7,9H2,1-3H3. The van der Waals surface area contributed by atoms with E-state index in [1.54, 1.807) is 6.20 Å². The fraction of sp³-hybridized carbons (Fsp3) is 0.643. The third kappa shape index (κ3) is 4.84. The second-order valence-corrected chi connectivity index (χ2v) is 4.81. The first-order valence-corrected chi connectivity index (χ1v) is 6.46. The van der Waals surface area contributed by atoms with E-state index in [9.17, 15) is 5.11 Å². The van der Waals surface area contributed by atoms with Gasteiger partial charge in [0, 0.05) is 18.4 Å². The van der Waals surface area contributed by atoms with Crippen LogP contribution in [0.4, 0.5) is 0 Å². The minimum Gasteiger partial charge on any atom is -0.393 e. The molecule has 3 heteroatoms. The van der Waals surface area contributed by atoms with Crippen LogP contribution in [0, 0.1) is 5.92 Å². The van der Waals surface area contributed by atoms with Gasteiger partial charge >= 0.3 is 0 Å². The number of nitrogens with one attached hydrogen (secondary N) is 1. The van der Waals surface area contributed by atoms with Crippen LogP contribution in [-0.2, 0) is 0 Å². The molecule has 0 aliphatic heterocycles. The van der Waals surface area contributed by atoms with Gasteiger partial charge in [-0.1, -0.05) is 26.8 Å². The molecule has 2 unspecified atom stereocenters. The lowest BCUT2D eigenvalue weighted by Crippen LogP contribution is -2.28. The molecule has 0 spiro atoms. The van der Waals surface area contributed by atoms with Crippen molar-refractivity contribution in [2.45, 2.75) is 45.8 Å². The van der Waals surface area contributed by atoms with Crippen LogP contribution in [0.15, 0.2) is 24.5 Å². The summed E-state index contributed by atoms with van der Waals surface area (Å²) in [4.78, 5) is 4.16. The first-order chi connectivity index (χ1) is 8.15. The van der Waals surface area contributed by atoms with E-state index in [0.717, 1.165) is 19.4 Å². The molecule has 0 amide bonds. The predicted molar refractivity (Wildman–Crippen MR) is 70.7 cm³/mol. The van der Waals surface area contributed by atoms with Crippen LogP contribution in [0.2, 0.25) is 0 Å². The molecule has 0 aliphatic rings. The monoisotopic (exact) mass is 236 g/mol. The van der Waals surface area contributed by atoms with E-state index in [0.29, 0.717) is 12.0 Å². The fourth-order valence-electron chi connectivity index (χ4n) is 1.91. The van der Waals surface area contributed by atoms with Crippen molar-refractivity contribution in [3.05, 3.63) is 30.1 Å². The zero-order chi connectivity index (χ0) is 12.7. The average Bonchev–Trinajstić information content (AvgIpc) is 2.34. The Morgan fingerprint density at radius 3 is 2.71 bits per heavy atom. The van der Waals surface area contributed by atoms with E-state index in [2.05, 4.69) is 30.2 Å². The Kier molecular flexibility index (Phi) is 6.16. The van der Waals surface area contributed by atoms with Crippen molar-refractivity contribution in [2.75, 3.05) is 6.54 Å². The van der Waals surface area contributed by atoms with Crippen molar-refractivity contribution in [1.82, 2.24) is 10.3 Å². The van der Waals surface area contributed by atoms with Crippen molar-refractivity contribution in [2.24, 2.45) is 5.92 Å². The van der Waals surface area contributed by atoms with Crippen LogP contribution in [0.3, 0.4) is 0 Å². The van der Waals surface area contributed by atoms with Gasteiger partial charge in [0.1, 0.15) is 0 Å². The molecular formula is C14H24N2O. The zero-order valence-corrected chi connectivity index (χ0v) is 11.1. The molecule has 0 aromatic carbocycles. The van der Waals surface area contributed by atoms with Gasteiger partial charge in [0.25, 0.3) is 0 Å². The first-order valence-electron chi connectivity index (χ1n) is 6.46. The Labute approximate surface area is 104 Å².